The van der Waals surface area contributed by atoms with E-state index in [1.54, 1.807) is 18.3 Å². The van der Waals surface area contributed by atoms with E-state index in [2.05, 4.69) is 9.88 Å². The van der Waals surface area contributed by atoms with Crippen molar-refractivity contribution in [2.45, 2.75) is 18.9 Å². The van der Waals surface area contributed by atoms with E-state index in [4.69, 9.17) is 33.7 Å². The third-order valence-corrected chi connectivity index (χ3v) is 4.26. The van der Waals surface area contributed by atoms with E-state index in [9.17, 15) is 0 Å². The summed E-state index contributed by atoms with van der Waals surface area (Å²) in [5.74, 6) is 0.768. The molecule has 0 spiro atoms. The molecule has 0 unspecified atom stereocenters. The van der Waals surface area contributed by atoms with Crippen molar-refractivity contribution in [2.24, 2.45) is 0 Å². The lowest BCUT2D eigenvalue weighted by Gasteiger charge is -2.34. The van der Waals surface area contributed by atoms with Crippen molar-refractivity contribution in [3.8, 4) is 5.75 Å². The van der Waals surface area contributed by atoms with E-state index in [-0.39, 0.29) is 6.10 Å². The van der Waals surface area contributed by atoms with Gasteiger partial charge in [-0.05, 0) is 24.3 Å². The highest BCUT2D eigenvalue weighted by molar-refractivity contribution is 6.33. The van der Waals surface area contributed by atoms with Crippen molar-refractivity contribution in [3.05, 3.63) is 46.7 Å². The number of benzene rings is 1. The number of hydrogen-bond donors (Lipinski definition) is 1. The normalized spacial score (nSPS) is 15.8. The summed E-state index contributed by atoms with van der Waals surface area (Å²) in [6, 6.07) is 9.21. The molecule has 4 nitrogen and oxygen atoms in total. The zero-order valence-electron chi connectivity index (χ0n) is 12.0. The largest absolute Gasteiger partial charge is 0.490 e. The number of pyridine rings is 1. The molecule has 0 atom stereocenters. The highest BCUT2D eigenvalue weighted by Crippen LogP contribution is 2.30. The summed E-state index contributed by atoms with van der Waals surface area (Å²) in [6.07, 6.45) is 3.70. The Hall–Kier alpha value is -1.65. The summed E-state index contributed by atoms with van der Waals surface area (Å²) in [5, 5.41) is 1.14. The first-order valence-corrected chi connectivity index (χ1v) is 7.95. The summed E-state index contributed by atoms with van der Waals surface area (Å²) in [6.45, 7) is 1.79. The molecule has 2 heterocycles. The Morgan fingerprint density at radius 2 is 1.91 bits per heavy atom. The average Bonchev–Trinajstić information content (AvgIpc) is 2.48. The number of ether oxygens (including phenoxy) is 1. The Kier molecular flexibility index (Phi) is 4.60. The number of piperidine rings is 1. The van der Waals surface area contributed by atoms with Gasteiger partial charge in [0.05, 0.1) is 10.7 Å². The van der Waals surface area contributed by atoms with Crippen LogP contribution in [-0.4, -0.2) is 24.2 Å². The molecular weight excluding hydrogens is 321 g/mol. The fraction of sp³-hybridized carbons (Fsp3) is 0.312. The van der Waals surface area contributed by atoms with Crippen molar-refractivity contribution >= 4 is 34.6 Å². The Labute approximate surface area is 139 Å². The highest BCUT2D eigenvalue weighted by atomic mass is 35.5. The molecule has 22 heavy (non-hydrogen) atoms. The molecule has 1 saturated heterocycles. The molecule has 1 aliphatic rings. The minimum Gasteiger partial charge on any atom is -0.490 e. The zero-order chi connectivity index (χ0) is 15.5. The van der Waals surface area contributed by atoms with Crippen LogP contribution in [0.2, 0.25) is 10.2 Å². The van der Waals surface area contributed by atoms with Crippen LogP contribution in [0.5, 0.6) is 5.75 Å². The third kappa shape index (κ3) is 3.57. The van der Waals surface area contributed by atoms with Crippen LogP contribution in [0, 0.1) is 0 Å². The van der Waals surface area contributed by atoms with Crippen LogP contribution < -0.4 is 15.4 Å². The lowest BCUT2D eigenvalue weighted by atomic mass is 10.1. The molecule has 1 aromatic carbocycles. The summed E-state index contributed by atoms with van der Waals surface area (Å²) in [5.41, 5.74) is 7.45. The fourth-order valence-electron chi connectivity index (χ4n) is 2.64. The molecule has 1 fully saturated rings. The second-order valence-electron chi connectivity index (χ2n) is 5.33. The summed E-state index contributed by atoms with van der Waals surface area (Å²) in [7, 11) is 0. The first-order valence-electron chi connectivity index (χ1n) is 7.20. The lowest BCUT2D eigenvalue weighted by molar-refractivity contribution is 0.171. The number of aromatic nitrogens is 1. The molecular formula is C16H17Cl2N3O. The second kappa shape index (κ2) is 6.63. The molecule has 0 bridgehead atoms. The van der Waals surface area contributed by atoms with Gasteiger partial charge in [0.1, 0.15) is 17.0 Å². The molecule has 0 saturated carbocycles. The van der Waals surface area contributed by atoms with E-state index in [1.807, 2.05) is 18.2 Å². The van der Waals surface area contributed by atoms with Gasteiger partial charge in [-0.25, -0.2) is 4.98 Å². The van der Waals surface area contributed by atoms with Crippen molar-refractivity contribution in [1.29, 1.82) is 0 Å². The Balaban J connectivity index is 1.60. The third-order valence-electron chi connectivity index (χ3n) is 3.76. The Bertz CT molecular complexity index is 658. The van der Waals surface area contributed by atoms with E-state index < -0.39 is 0 Å². The second-order valence-corrected chi connectivity index (χ2v) is 6.12. The van der Waals surface area contributed by atoms with Gasteiger partial charge in [0.25, 0.3) is 0 Å². The van der Waals surface area contributed by atoms with Gasteiger partial charge in [0.2, 0.25) is 0 Å². The molecule has 0 radical (unpaired) electrons. The smallest absolute Gasteiger partial charge is 0.132 e. The standard InChI is InChI=1S/C16H17Cl2N3O/c17-14-9-11(19)1-2-15(14)21-7-4-12(5-8-21)22-13-3-6-20-16(18)10-13/h1-3,6,9-10,12H,4-5,7-8,19H2. The summed E-state index contributed by atoms with van der Waals surface area (Å²) in [4.78, 5) is 6.22. The van der Waals surface area contributed by atoms with Gasteiger partial charge in [-0.3, -0.25) is 0 Å². The molecule has 116 valence electrons. The SMILES string of the molecule is Nc1ccc(N2CCC(Oc3ccnc(Cl)c3)CC2)c(Cl)c1. The molecule has 3 rings (SSSR count). The van der Waals surface area contributed by atoms with Crippen LogP contribution >= 0.6 is 23.2 Å². The van der Waals surface area contributed by atoms with Gasteiger partial charge in [0.15, 0.2) is 0 Å². The molecule has 6 heteroatoms. The monoisotopic (exact) mass is 337 g/mol. The van der Waals surface area contributed by atoms with Crippen LogP contribution in [0.1, 0.15) is 12.8 Å². The maximum absolute atomic E-state index is 6.27. The van der Waals surface area contributed by atoms with Gasteiger partial charge >= 0.3 is 0 Å². The van der Waals surface area contributed by atoms with Crippen LogP contribution in [0.25, 0.3) is 0 Å². The van der Waals surface area contributed by atoms with Crippen LogP contribution in [0.4, 0.5) is 11.4 Å². The van der Waals surface area contributed by atoms with Crippen molar-refractivity contribution in [2.75, 3.05) is 23.7 Å². The zero-order valence-corrected chi connectivity index (χ0v) is 13.5. The molecule has 2 aromatic rings. The average molecular weight is 338 g/mol. The minimum atomic E-state index is 0.183. The molecule has 1 aliphatic heterocycles. The van der Waals surface area contributed by atoms with Gasteiger partial charge < -0.3 is 15.4 Å². The minimum absolute atomic E-state index is 0.183. The predicted octanol–water partition coefficient (Wildman–Crippen LogP) is 4.02. The number of hydrogen-bond acceptors (Lipinski definition) is 4. The van der Waals surface area contributed by atoms with E-state index in [1.165, 1.54) is 0 Å². The van der Waals surface area contributed by atoms with Crippen molar-refractivity contribution < 1.29 is 4.74 Å². The van der Waals surface area contributed by atoms with Gasteiger partial charge in [-0.2, -0.15) is 0 Å². The van der Waals surface area contributed by atoms with Crippen LogP contribution in [-0.2, 0) is 0 Å². The molecule has 0 aliphatic carbocycles. The van der Waals surface area contributed by atoms with Crippen molar-refractivity contribution in [1.82, 2.24) is 4.98 Å². The number of nitrogens with zero attached hydrogens (tertiary/aromatic N) is 2. The number of nitrogens with two attached hydrogens (primary N) is 1. The van der Waals surface area contributed by atoms with Crippen LogP contribution in [0.15, 0.2) is 36.5 Å². The van der Waals surface area contributed by atoms with E-state index in [0.717, 1.165) is 37.4 Å². The quantitative estimate of drug-likeness (QED) is 0.678. The molecule has 2 N–H and O–H groups in total. The number of anilines is 2. The van der Waals surface area contributed by atoms with Gasteiger partial charge in [-0.15, -0.1) is 0 Å². The summed E-state index contributed by atoms with van der Waals surface area (Å²) < 4.78 is 5.97. The first-order chi connectivity index (χ1) is 10.6. The first kappa shape index (κ1) is 15.3. The maximum Gasteiger partial charge on any atom is 0.132 e. The molecule has 1 aromatic heterocycles. The lowest BCUT2D eigenvalue weighted by Crippen LogP contribution is -2.38. The number of rotatable bonds is 3. The maximum atomic E-state index is 6.27. The van der Waals surface area contributed by atoms with E-state index in [0.29, 0.717) is 15.9 Å². The number of halogens is 2. The van der Waals surface area contributed by atoms with Gasteiger partial charge in [-0.1, -0.05) is 23.2 Å². The van der Waals surface area contributed by atoms with E-state index >= 15 is 0 Å². The fourth-order valence-corrected chi connectivity index (χ4v) is 3.12. The highest BCUT2D eigenvalue weighted by Gasteiger charge is 2.22. The topological polar surface area (TPSA) is 51.4 Å². The van der Waals surface area contributed by atoms with Gasteiger partial charge in [0, 0.05) is 43.9 Å². The predicted molar refractivity (Wildman–Crippen MR) is 91.0 cm³/mol. The summed E-state index contributed by atoms with van der Waals surface area (Å²) >= 11 is 12.1. The number of nitrogen functional groups attached to an aromatic ring is 1. The molecule has 0 amide bonds. The Morgan fingerprint density at radius 1 is 1.14 bits per heavy atom. The van der Waals surface area contributed by atoms with Crippen LogP contribution in [0.3, 0.4) is 0 Å². The van der Waals surface area contributed by atoms with Crippen molar-refractivity contribution in [3.63, 3.8) is 0 Å². The Morgan fingerprint density at radius 3 is 2.59 bits per heavy atom.